The number of H-pyrrole nitrogens is 1. The van der Waals surface area contributed by atoms with Gasteiger partial charge < -0.3 is 20.8 Å². The van der Waals surface area contributed by atoms with E-state index in [0.29, 0.717) is 22.6 Å². The van der Waals surface area contributed by atoms with E-state index in [-0.39, 0.29) is 18.1 Å². The van der Waals surface area contributed by atoms with E-state index in [1.54, 1.807) is 36.5 Å². The number of hydrogen-bond acceptors (Lipinski definition) is 4. The number of nitrogens with zero attached hydrogens (tertiary/aromatic N) is 1. The third-order valence-electron chi connectivity index (χ3n) is 4.78. The van der Waals surface area contributed by atoms with E-state index in [4.69, 9.17) is 10.5 Å². The number of benzene rings is 2. The number of nitrogens with one attached hydrogen (secondary N) is 2. The van der Waals surface area contributed by atoms with Crippen LogP contribution in [0, 0.1) is 12.7 Å². The number of anilines is 1. The maximum atomic E-state index is 14.7. The normalized spacial score (nSPS) is 12.0. The summed E-state index contributed by atoms with van der Waals surface area (Å²) in [6.07, 6.45) is 3.63. The van der Waals surface area contributed by atoms with E-state index < -0.39 is 11.9 Å². The lowest BCUT2D eigenvalue weighted by molar-refractivity contribution is -0.117. The fraction of sp³-hybridized carbons (Fsp3) is 0.130. The molecule has 1 atom stereocenters. The van der Waals surface area contributed by atoms with Crippen LogP contribution in [0.3, 0.4) is 0 Å². The Kier molecular flexibility index (Phi) is 5.45. The lowest BCUT2D eigenvalue weighted by atomic mass is 10.1. The van der Waals surface area contributed by atoms with Gasteiger partial charge in [0.2, 0.25) is 5.91 Å². The molecule has 6 nitrogen and oxygen atoms in total. The molecule has 0 saturated heterocycles. The van der Waals surface area contributed by atoms with Crippen molar-refractivity contribution in [2.45, 2.75) is 19.4 Å². The maximum Gasteiger partial charge on any atom is 0.241 e. The molecule has 2 aromatic heterocycles. The van der Waals surface area contributed by atoms with Crippen LogP contribution in [0.5, 0.6) is 11.5 Å². The first-order valence-electron chi connectivity index (χ1n) is 9.52. The van der Waals surface area contributed by atoms with Gasteiger partial charge in [0.25, 0.3) is 0 Å². The quantitative estimate of drug-likeness (QED) is 0.446. The van der Waals surface area contributed by atoms with Crippen molar-refractivity contribution in [1.29, 1.82) is 0 Å². The third-order valence-corrected chi connectivity index (χ3v) is 4.78. The van der Waals surface area contributed by atoms with Crippen LogP contribution in [0.2, 0.25) is 0 Å². The van der Waals surface area contributed by atoms with Crippen molar-refractivity contribution in [2.75, 3.05) is 5.32 Å². The molecule has 4 aromatic rings. The van der Waals surface area contributed by atoms with Gasteiger partial charge in [-0.15, -0.1) is 0 Å². The molecule has 152 valence electrons. The second-order valence-corrected chi connectivity index (χ2v) is 7.04. The van der Waals surface area contributed by atoms with Gasteiger partial charge in [0.15, 0.2) is 11.6 Å². The smallest absolute Gasteiger partial charge is 0.241 e. The Labute approximate surface area is 172 Å². The van der Waals surface area contributed by atoms with Crippen LogP contribution < -0.4 is 15.8 Å². The Hall–Kier alpha value is -3.71. The third kappa shape index (κ3) is 4.16. The number of amides is 1. The highest BCUT2D eigenvalue weighted by Crippen LogP contribution is 2.32. The average molecular weight is 404 g/mol. The average Bonchev–Trinajstić information content (AvgIpc) is 3.12. The number of rotatable bonds is 6. The molecule has 2 aromatic carbocycles. The molecule has 2 heterocycles. The lowest BCUT2D eigenvalue weighted by Crippen LogP contribution is -2.37. The van der Waals surface area contributed by atoms with Crippen LogP contribution in [0.1, 0.15) is 11.1 Å². The topological polar surface area (TPSA) is 93.0 Å². The zero-order valence-corrected chi connectivity index (χ0v) is 16.4. The van der Waals surface area contributed by atoms with Gasteiger partial charge in [-0.2, -0.15) is 0 Å². The predicted octanol–water partition coefficient (Wildman–Crippen LogP) is 4.31. The van der Waals surface area contributed by atoms with Gasteiger partial charge in [-0.1, -0.05) is 24.3 Å². The molecule has 1 amide bonds. The van der Waals surface area contributed by atoms with Crippen molar-refractivity contribution in [3.05, 3.63) is 83.9 Å². The minimum absolute atomic E-state index is 0.0918. The first-order valence-corrected chi connectivity index (χ1v) is 9.52. The predicted molar refractivity (Wildman–Crippen MR) is 114 cm³/mol. The summed E-state index contributed by atoms with van der Waals surface area (Å²) in [5, 5.41) is 3.56. The summed E-state index contributed by atoms with van der Waals surface area (Å²) in [6, 6.07) is 14.5. The standard InChI is InChI=1S/C23H21FN4O2/c1-14-13-27-22-21(14)20(9-10-26-22)30-19-8-7-15(11-17(19)24)12-18(25)23(29)28-16-5-3-2-4-6-16/h2-11,13,18H,12,25H2,1H3,(H,26,27)(H,28,29). The number of fused-ring (bicyclic) bond motifs is 1. The highest BCUT2D eigenvalue weighted by Gasteiger charge is 2.16. The Morgan fingerprint density at radius 1 is 1.20 bits per heavy atom. The largest absolute Gasteiger partial charge is 0.453 e. The molecule has 0 aliphatic heterocycles. The Morgan fingerprint density at radius 2 is 2.00 bits per heavy atom. The monoisotopic (exact) mass is 404 g/mol. The zero-order valence-electron chi connectivity index (χ0n) is 16.4. The molecule has 0 radical (unpaired) electrons. The van der Waals surface area contributed by atoms with Gasteiger partial charge in [0, 0.05) is 18.1 Å². The molecule has 4 N–H and O–H groups in total. The van der Waals surface area contributed by atoms with E-state index >= 15 is 0 Å². The molecule has 0 fully saturated rings. The highest BCUT2D eigenvalue weighted by atomic mass is 19.1. The Bertz CT molecular complexity index is 1190. The zero-order chi connectivity index (χ0) is 21.1. The van der Waals surface area contributed by atoms with E-state index in [2.05, 4.69) is 15.3 Å². The summed E-state index contributed by atoms with van der Waals surface area (Å²) in [5.74, 6) is -0.246. The number of pyridine rings is 1. The van der Waals surface area contributed by atoms with Crippen molar-refractivity contribution < 1.29 is 13.9 Å². The number of halogens is 1. The number of nitrogens with two attached hydrogens (primary N) is 1. The molecular weight excluding hydrogens is 383 g/mol. The number of carbonyl (C=O) groups excluding carboxylic acids is 1. The van der Waals surface area contributed by atoms with Crippen molar-refractivity contribution in [3.8, 4) is 11.5 Å². The van der Waals surface area contributed by atoms with E-state index in [9.17, 15) is 9.18 Å². The minimum Gasteiger partial charge on any atom is -0.453 e. The first kappa shape index (κ1) is 19.6. The van der Waals surface area contributed by atoms with Crippen LogP contribution in [-0.4, -0.2) is 21.9 Å². The number of aromatic nitrogens is 2. The molecular formula is C23H21FN4O2. The van der Waals surface area contributed by atoms with Gasteiger partial charge in [-0.25, -0.2) is 9.37 Å². The highest BCUT2D eigenvalue weighted by molar-refractivity contribution is 5.94. The number of aryl methyl sites for hydroxylation is 1. The van der Waals surface area contributed by atoms with E-state index in [1.807, 2.05) is 31.3 Å². The fourth-order valence-corrected chi connectivity index (χ4v) is 3.24. The minimum atomic E-state index is -0.807. The number of aromatic amines is 1. The van der Waals surface area contributed by atoms with Crippen molar-refractivity contribution in [3.63, 3.8) is 0 Å². The van der Waals surface area contributed by atoms with Crippen LogP contribution in [-0.2, 0) is 11.2 Å². The molecule has 30 heavy (non-hydrogen) atoms. The van der Waals surface area contributed by atoms with Gasteiger partial charge in [0.05, 0.1) is 11.4 Å². The summed E-state index contributed by atoms with van der Waals surface area (Å²) < 4.78 is 20.5. The van der Waals surface area contributed by atoms with Gasteiger partial charge in [-0.05, 0) is 54.8 Å². The SMILES string of the molecule is Cc1c[nH]c2nccc(Oc3ccc(CC(N)C(=O)Nc4ccccc4)cc3F)c12. The maximum absolute atomic E-state index is 14.7. The van der Waals surface area contributed by atoms with Crippen LogP contribution in [0.4, 0.5) is 10.1 Å². The summed E-state index contributed by atoms with van der Waals surface area (Å²) in [5.41, 5.74) is 8.91. The van der Waals surface area contributed by atoms with Crippen LogP contribution in [0.25, 0.3) is 11.0 Å². The Morgan fingerprint density at radius 3 is 2.77 bits per heavy atom. The number of para-hydroxylation sites is 1. The lowest BCUT2D eigenvalue weighted by Gasteiger charge is -2.14. The number of carbonyl (C=O) groups is 1. The second kappa shape index (κ2) is 8.34. The number of ether oxygens (including phenoxy) is 1. The van der Waals surface area contributed by atoms with E-state index in [0.717, 1.165) is 10.9 Å². The fourth-order valence-electron chi connectivity index (χ4n) is 3.24. The molecule has 7 heteroatoms. The van der Waals surface area contributed by atoms with Crippen molar-refractivity contribution >= 4 is 22.6 Å². The van der Waals surface area contributed by atoms with Crippen molar-refractivity contribution in [1.82, 2.24) is 9.97 Å². The molecule has 1 unspecified atom stereocenters. The summed E-state index contributed by atoms with van der Waals surface area (Å²) in [4.78, 5) is 19.6. The number of hydrogen-bond donors (Lipinski definition) is 3. The molecule has 0 aliphatic rings. The second-order valence-electron chi connectivity index (χ2n) is 7.04. The summed E-state index contributed by atoms with van der Waals surface area (Å²) >= 11 is 0. The van der Waals surface area contributed by atoms with E-state index in [1.165, 1.54) is 6.07 Å². The molecule has 4 rings (SSSR count). The van der Waals surface area contributed by atoms with Gasteiger partial charge in [-0.3, -0.25) is 4.79 Å². The molecule has 0 aliphatic carbocycles. The van der Waals surface area contributed by atoms with Gasteiger partial charge in [0.1, 0.15) is 11.4 Å². The first-order chi connectivity index (χ1) is 14.5. The summed E-state index contributed by atoms with van der Waals surface area (Å²) in [6.45, 7) is 1.93. The molecule has 0 bridgehead atoms. The molecule has 0 spiro atoms. The van der Waals surface area contributed by atoms with Crippen LogP contribution >= 0.6 is 0 Å². The Balaban J connectivity index is 1.46. The van der Waals surface area contributed by atoms with Gasteiger partial charge >= 0.3 is 0 Å². The molecule has 0 saturated carbocycles. The van der Waals surface area contributed by atoms with Crippen LogP contribution in [0.15, 0.2) is 67.0 Å². The van der Waals surface area contributed by atoms with Crippen molar-refractivity contribution in [2.24, 2.45) is 5.73 Å². The summed E-state index contributed by atoms with van der Waals surface area (Å²) in [7, 11) is 0.